The van der Waals surface area contributed by atoms with Crippen molar-refractivity contribution in [3.05, 3.63) is 47.8 Å². The van der Waals surface area contributed by atoms with Gasteiger partial charge in [-0.3, -0.25) is 9.10 Å². The van der Waals surface area contributed by atoms with Crippen LogP contribution >= 0.6 is 0 Å². The van der Waals surface area contributed by atoms with E-state index < -0.39 is 21.2 Å². The molecule has 0 saturated carbocycles. The molecule has 1 aromatic carbocycles. The monoisotopic (exact) mass is 544 g/mol. The molecular formula is C28H40N4O5S. The van der Waals surface area contributed by atoms with Gasteiger partial charge in [0, 0.05) is 51.7 Å². The van der Waals surface area contributed by atoms with Gasteiger partial charge in [0.05, 0.1) is 16.1 Å². The maximum Gasteiger partial charge on any atom is 0.264 e. The van der Waals surface area contributed by atoms with E-state index in [2.05, 4.69) is 17.1 Å². The molecule has 0 bridgehead atoms. The first-order valence-corrected chi connectivity index (χ1v) is 14.7. The number of fused-ring (bicyclic) bond motifs is 1. The maximum atomic E-state index is 13.5. The number of rotatable bonds is 9. The average Bonchev–Trinajstić information content (AvgIpc) is 3.16. The minimum Gasteiger partial charge on any atom is -0.381 e. The number of benzene rings is 1. The summed E-state index contributed by atoms with van der Waals surface area (Å²) in [4.78, 5) is 18.9. The van der Waals surface area contributed by atoms with Gasteiger partial charge in [-0.1, -0.05) is 6.08 Å². The van der Waals surface area contributed by atoms with Gasteiger partial charge < -0.3 is 19.7 Å². The van der Waals surface area contributed by atoms with Gasteiger partial charge in [0.15, 0.2) is 0 Å². The molecule has 1 aliphatic carbocycles. The van der Waals surface area contributed by atoms with E-state index in [9.17, 15) is 13.2 Å². The van der Waals surface area contributed by atoms with Gasteiger partial charge >= 0.3 is 0 Å². The number of nitrogens with zero attached hydrogens (tertiary/aromatic N) is 3. The van der Waals surface area contributed by atoms with Gasteiger partial charge in [0.25, 0.3) is 10.0 Å². The molecule has 1 aromatic rings. The summed E-state index contributed by atoms with van der Waals surface area (Å²) in [6.07, 6.45) is 6.51. The predicted molar refractivity (Wildman–Crippen MR) is 148 cm³/mol. The summed E-state index contributed by atoms with van der Waals surface area (Å²) in [5, 5.41) is 2.66. The average molecular weight is 545 g/mol. The summed E-state index contributed by atoms with van der Waals surface area (Å²) in [5.41, 5.74) is 0.982. The third-order valence-corrected chi connectivity index (χ3v) is 9.44. The zero-order valence-electron chi connectivity index (χ0n) is 23.3. The number of carbonyl (C=O) groups is 1. The minimum absolute atomic E-state index is 0.149. The van der Waals surface area contributed by atoms with E-state index in [-0.39, 0.29) is 10.8 Å². The lowest BCUT2D eigenvalue weighted by Crippen LogP contribution is -2.55. The molecule has 1 amide bonds. The molecule has 1 atom stereocenters. The van der Waals surface area contributed by atoms with Crippen LogP contribution in [-0.2, 0) is 24.3 Å². The van der Waals surface area contributed by atoms with Crippen LogP contribution in [0.2, 0.25) is 0 Å². The lowest BCUT2D eigenvalue weighted by molar-refractivity contribution is -0.114. The van der Waals surface area contributed by atoms with Crippen molar-refractivity contribution in [3.63, 3.8) is 0 Å². The van der Waals surface area contributed by atoms with Gasteiger partial charge in [0.1, 0.15) is 11.4 Å². The van der Waals surface area contributed by atoms with E-state index in [4.69, 9.17) is 14.5 Å². The van der Waals surface area contributed by atoms with Gasteiger partial charge in [-0.2, -0.15) is 0 Å². The molecule has 2 heterocycles. The number of nitrogens with one attached hydrogen (secondary N) is 1. The molecular weight excluding hydrogens is 504 g/mol. The molecule has 3 aliphatic rings. The SMILES string of the molecule is CCOC(C)(C)C1=NC2=CC(N(C)S(=O)(=O)c3ccc(NC(C)=O)cc3)=CCC2(C)N1CC1CCOCC1. The number of carbonyl (C=O) groups excluding carboxylic acids is 1. The first kappa shape index (κ1) is 28.3. The van der Waals surface area contributed by atoms with E-state index in [1.807, 2.05) is 32.9 Å². The third-order valence-electron chi connectivity index (χ3n) is 7.64. The van der Waals surface area contributed by atoms with Crippen LogP contribution < -0.4 is 5.32 Å². The zero-order chi connectivity index (χ0) is 27.7. The van der Waals surface area contributed by atoms with Gasteiger partial charge in [-0.05, 0) is 83.2 Å². The predicted octanol–water partition coefficient (Wildman–Crippen LogP) is 4.15. The minimum atomic E-state index is -3.81. The fraction of sp³-hybridized carbons (Fsp3) is 0.571. The second-order valence-electron chi connectivity index (χ2n) is 10.9. The maximum absolute atomic E-state index is 13.5. The van der Waals surface area contributed by atoms with Crippen LogP contribution in [-0.4, -0.2) is 73.9 Å². The number of hydrogen-bond donors (Lipinski definition) is 1. The fourth-order valence-electron chi connectivity index (χ4n) is 5.36. The number of aliphatic imine (C=N–C) groups is 1. The van der Waals surface area contributed by atoms with Crippen LogP contribution in [0.3, 0.4) is 0 Å². The van der Waals surface area contributed by atoms with Gasteiger partial charge in [-0.25, -0.2) is 13.4 Å². The molecule has 10 heteroatoms. The van der Waals surface area contributed by atoms with Crippen molar-refractivity contribution in [1.82, 2.24) is 9.21 Å². The van der Waals surface area contributed by atoms with E-state index >= 15 is 0 Å². The molecule has 2 aliphatic heterocycles. The van der Waals surface area contributed by atoms with Crippen molar-refractivity contribution in [2.75, 3.05) is 38.7 Å². The topological polar surface area (TPSA) is 101 Å². The van der Waals surface area contributed by atoms with Gasteiger partial charge in [0.2, 0.25) is 5.91 Å². The van der Waals surface area contributed by atoms with Gasteiger partial charge in [-0.15, -0.1) is 0 Å². The van der Waals surface area contributed by atoms with Crippen LogP contribution in [0, 0.1) is 5.92 Å². The molecule has 38 heavy (non-hydrogen) atoms. The molecule has 0 spiro atoms. The lowest BCUT2D eigenvalue weighted by Gasteiger charge is -2.44. The highest BCUT2D eigenvalue weighted by Crippen LogP contribution is 2.44. The molecule has 208 valence electrons. The Morgan fingerprint density at radius 3 is 2.53 bits per heavy atom. The van der Waals surface area contributed by atoms with Crippen molar-refractivity contribution in [3.8, 4) is 0 Å². The largest absolute Gasteiger partial charge is 0.381 e. The standard InChI is InChI=1S/C28H40N4O5S/c1-7-37-27(3,4)26-30-25-18-23(12-15-28(25,5)32(26)19-21-13-16-36-17-14-21)31(6)38(34,35)24-10-8-22(9-11-24)29-20(2)33/h8-12,18,21H,7,13-17,19H2,1-6H3,(H,29,33). The van der Waals surface area contributed by atoms with E-state index in [0.29, 0.717) is 30.3 Å². The summed E-state index contributed by atoms with van der Waals surface area (Å²) in [6, 6.07) is 6.18. The molecule has 1 unspecified atom stereocenters. The van der Waals surface area contributed by atoms with Crippen molar-refractivity contribution in [1.29, 1.82) is 0 Å². The van der Waals surface area contributed by atoms with E-state index in [1.54, 1.807) is 19.2 Å². The Labute approximate surface area is 226 Å². The Morgan fingerprint density at radius 1 is 1.26 bits per heavy atom. The van der Waals surface area contributed by atoms with Crippen LogP contribution in [0.15, 0.2) is 57.7 Å². The smallest absolute Gasteiger partial charge is 0.264 e. The molecule has 1 saturated heterocycles. The summed E-state index contributed by atoms with van der Waals surface area (Å²) in [5.74, 6) is 1.17. The highest BCUT2D eigenvalue weighted by molar-refractivity contribution is 7.89. The Morgan fingerprint density at radius 2 is 1.92 bits per heavy atom. The normalized spacial score (nSPS) is 22.4. The first-order valence-electron chi connectivity index (χ1n) is 13.3. The second kappa shape index (κ2) is 10.8. The van der Waals surface area contributed by atoms with Crippen molar-refractivity contribution in [2.45, 2.75) is 69.9 Å². The first-order chi connectivity index (χ1) is 17.9. The number of allylic oxidation sites excluding steroid dienone is 1. The van der Waals surface area contributed by atoms with Crippen LogP contribution in [0.25, 0.3) is 0 Å². The number of likely N-dealkylation sites (N-methyl/N-ethyl adjacent to an activating group) is 1. The van der Waals surface area contributed by atoms with E-state index in [1.165, 1.54) is 23.4 Å². The Bertz CT molecular complexity index is 1250. The summed E-state index contributed by atoms with van der Waals surface area (Å²) in [7, 11) is -2.25. The Balaban J connectivity index is 1.63. The van der Waals surface area contributed by atoms with Crippen molar-refractivity contribution < 1.29 is 22.7 Å². The fourth-order valence-corrected chi connectivity index (χ4v) is 6.56. The zero-order valence-corrected chi connectivity index (χ0v) is 24.1. The molecule has 0 radical (unpaired) electrons. The highest BCUT2D eigenvalue weighted by Gasteiger charge is 2.49. The molecule has 0 aromatic heterocycles. The number of anilines is 1. The number of amides is 1. The lowest BCUT2D eigenvalue weighted by atomic mass is 9.86. The highest BCUT2D eigenvalue weighted by atomic mass is 32.2. The quantitative estimate of drug-likeness (QED) is 0.501. The van der Waals surface area contributed by atoms with Crippen LogP contribution in [0.1, 0.15) is 53.9 Å². The number of sulfonamides is 1. The Kier molecular flexibility index (Phi) is 8.07. The number of ether oxygens (including phenoxy) is 2. The summed E-state index contributed by atoms with van der Waals surface area (Å²) in [6.45, 7) is 12.6. The molecule has 1 N–H and O–H groups in total. The summed E-state index contributed by atoms with van der Waals surface area (Å²) < 4.78 is 39.9. The third kappa shape index (κ3) is 5.53. The van der Waals surface area contributed by atoms with Crippen LogP contribution in [0.4, 0.5) is 5.69 Å². The van der Waals surface area contributed by atoms with Crippen LogP contribution in [0.5, 0.6) is 0 Å². The van der Waals surface area contributed by atoms with Crippen molar-refractivity contribution >= 4 is 27.5 Å². The number of amidine groups is 1. The summed E-state index contributed by atoms with van der Waals surface area (Å²) >= 11 is 0. The molecule has 9 nitrogen and oxygen atoms in total. The van der Waals surface area contributed by atoms with E-state index in [0.717, 1.165) is 44.1 Å². The molecule has 4 rings (SSSR count). The number of hydrogen-bond acceptors (Lipinski definition) is 7. The Hall–Kier alpha value is -2.69. The van der Waals surface area contributed by atoms with Crippen molar-refractivity contribution in [2.24, 2.45) is 10.9 Å². The second-order valence-corrected chi connectivity index (χ2v) is 12.8. The molecule has 1 fully saturated rings.